The molecule has 3 aliphatic rings. The van der Waals surface area contributed by atoms with E-state index in [4.69, 9.17) is 16.5 Å². The van der Waals surface area contributed by atoms with Crippen molar-refractivity contribution in [3.63, 3.8) is 0 Å². The lowest BCUT2D eigenvalue weighted by Gasteiger charge is -2.34. The van der Waals surface area contributed by atoms with Crippen LogP contribution in [0.5, 0.6) is 0 Å². The monoisotopic (exact) mass is 334 g/mol. The molecule has 0 bridgehead atoms. The number of amides is 1. The van der Waals surface area contributed by atoms with Gasteiger partial charge in [0, 0.05) is 13.1 Å². The van der Waals surface area contributed by atoms with Crippen molar-refractivity contribution in [3.05, 3.63) is 0 Å². The molecule has 0 aromatic carbocycles. The Kier molecular flexibility index (Phi) is 5.48. The minimum Gasteiger partial charge on any atom is -0.369 e. The molecule has 24 heavy (non-hydrogen) atoms. The number of nitrogens with two attached hydrogens (primary N) is 2. The standard InChI is InChI=1S/C19H34N4O/c1-23-17(24)19(22-18(23)21,11-10-14-6-3-2-4-7-14)13-15-8-5-9-16(20)12-15/h14-16H,2-13,20H2,1H3,(H2,21,22)/t15-,16?,19+/m0/s1. The lowest BCUT2D eigenvalue weighted by molar-refractivity contribution is -0.131. The lowest BCUT2D eigenvalue weighted by atomic mass is 9.74. The van der Waals surface area contributed by atoms with Crippen LogP contribution in [0.2, 0.25) is 0 Å². The highest BCUT2D eigenvalue weighted by Crippen LogP contribution is 2.40. The van der Waals surface area contributed by atoms with Gasteiger partial charge >= 0.3 is 0 Å². The van der Waals surface area contributed by atoms with Gasteiger partial charge in [-0.3, -0.25) is 9.69 Å². The molecule has 0 aromatic heterocycles. The van der Waals surface area contributed by atoms with Crippen LogP contribution >= 0.6 is 0 Å². The van der Waals surface area contributed by atoms with E-state index in [9.17, 15) is 4.79 Å². The Morgan fingerprint density at radius 1 is 1.12 bits per heavy atom. The van der Waals surface area contributed by atoms with Gasteiger partial charge in [0.05, 0.1) is 0 Å². The maximum absolute atomic E-state index is 13.0. The topological polar surface area (TPSA) is 84.7 Å². The second-order valence-electron chi connectivity index (χ2n) is 8.41. The van der Waals surface area contributed by atoms with Gasteiger partial charge in [-0.05, 0) is 43.9 Å². The molecule has 3 rings (SSSR count). The quantitative estimate of drug-likeness (QED) is 0.810. The molecule has 136 valence electrons. The number of rotatable bonds is 5. The molecular weight excluding hydrogens is 300 g/mol. The summed E-state index contributed by atoms with van der Waals surface area (Å²) in [4.78, 5) is 19.2. The zero-order chi connectivity index (χ0) is 17.2. The Hall–Kier alpha value is -1.10. The van der Waals surface area contributed by atoms with E-state index in [0.717, 1.165) is 38.0 Å². The first kappa shape index (κ1) is 17.7. The van der Waals surface area contributed by atoms with Gasteiger partial charge in [0.25, 0.3) is 5.91 Å². The van der Waals surface area contributed by atoms with E-state index in [2.05, 4.69) is 0 Å². The van der Waals surface area contributed by atoms with Crippen LogP contribution in [0.4, 0.5) is 0 Å². The Morgan fingerprint density at radius 2 is 1.83 bits per heavy atom. The molecule has 0 aromatic rings. The minimum absolute atomic E-state index is 0.106. The lowest BCUT2D eigenvalue weighted by Crippen LogP contribution is -2.44. The molecular formula is C19H34N4O. The molecule has 4 N–H and O–H groups in total. The predicted octanol–water partition coefficient (Wildman–Crippen LogP) is 2.78. The summed E-state index contributed by atoms with van der Waals surface area (Å²) in [6, 6.07) is 0.287. The fourth-order valence-corrected chi connectivity index (χ4v) is 5.07. The number of guanidine groups is 1. The van der Waals surface area contributed by atoms with E-state index in [0.29, 0.717) is 11.9 Å². The van der Waals surface area contributed by atoms with Crippen LogP contribution in [0.1, 0.15) is 77.0 Å². The fraction of sp³-hybridized carbons (Fsp3) is 0.895. The van der Waals surface area contributed by atoms with Crippen LogP contribution in [-0.2, 0) is 4.79 Å². The van der Waals surface area contributed by atoms with Gasteiger partial charge in [-0.25, -0.2) is 4.99 Å². The third kappa shape index (κ3) is 3.76. The summed E-state index contributed by atoms with van der Waals surface area (Å²) in [5.41, 5.74) is 11.6. The average molecular weight is 335 g/mol. The molecule has 2 fully saturated rings. The van der Waals surface area contributed by atoms with E-state index >= 15 is 0 Å². The maximum atomic E-state index is 13.0. The second-order valence-corrected chi connectivity index (χ2v) is 8.41. The van der Waals surface area contributed by atoms with Gasteiger partial charge < -0.3 is 11.5 Å². The van der Waals surface area contributed by atoms with Crippen molar-refractivity contribution < 1.29 is 4.79 Å². The molecule has 0 radical (unpaired) electrons. The first-order valence-corrected chi connectivity index (χ1v) is 9.89. The van der Waals surface area contributed by atoms with Gasteiger partial charge in [-0.15, -0.1) is 0 Å². The number of hydrogen-bond donors (Lipinski definition) is 2. The van der Waals surface area contributed by atoms with Crippen LogP contribution in [0, 0.1) is 11.8 Å². The molecule has 0 spiro atoms. The molecule has 3 atom stereocenters. The summed E-state index contributed by atoms with van der Waals surface area (Å²) < 4.78 is 0. The van der Waals surface area contributed by atoms with Gasteiger partial charge in [0.15, 0.2) is 5.96 Å². The van der Waals surface area contributed by atoms with Gasteiger partial charge in [0.2, 0.25) is 0 Å². The van der Waals surface area contributed by atoms with Crippen molar-refractivity contribution in [2.24, 2.45) is 28.3 Å². The van der Waals surface area contributed by atoms with Crippen LogP contribution in [0.3, 0.4) is 0 Å². The third-order valence-corrected chi connectivity index (χ3v) is 6.52. The number of carbonyl (C=O) groups excluding carboxylic acids is 1. The van der Waals surface area contributed by atoms with Crippen LogP contribution < -0.4 is 11.5 Å². The summed E-state index contributed by atoms with van der Waals surface area (Å²) in [5, 5.41) is 0. The smallest absolute Gasteiger partial charge is 0.257 e. The molecule has 1 aliphatic heterocycles. The number of carbonyl (C=O) groups is 1. The van der Waals surface area contributed by atoms with E-state index in [1.165, 1.54) is 44.9 Å². The highest BCUT2D eigenvalue weighted by Gasteiger charge is 2.47. The van der Waals surface area contributed by atoms with Crippen molar-refractivity contribution >= 4 is 11.9 Å². The number of hydrogen-bond acceptors (Lipinski definition) is 4. The summed E-state index contributed by atoms with van der Waals surface area (Å²) in [6.45, 7) is 0. The van der Waals surface area contributed by atoms with Gasteiger partial charge in [-0.1, -0.05) is 44.9 Å². The van der Waals surface area contributed by atoms with E-state index in [1.807, 2.05) is 0 Å². The summed E-state index contributed by atoms with van der Waals surface area (Å²) in [6.07, 6.45) is 14.0. The molecule has 1 unspecified atom stereocenters. The molecule has 2 aliphatic carbocycles. The Morgan fingerprint density at radius 3 is 2.46 bits per heavy atom. The summed E-state index contributed by atoms with van der Waals surface area (Å²) in [5.74, 6) is 1.77. The van der Waals surface area contributed by atoms with Crippen LogP contribution in [-0.4, -0.2) is 35.4 Å². The van der Waals surface area contributed by atoms with Crippen molar-refractivity contribution in [2.75, 3.05) is 7.05 Å². The maximum Gasteiger partial charge on any atom is 0.257 e. The SMILES string of the molecule is CN1C(=O)[C@@](CCC2CCCCC2)(C[C@H]2CCCC(N)C2)N=C1N. The summed E-state index contributed by atoms with van der Waals surface area (Å²) >= 11 is 0. The van der Waals surface area contributed by atoms with Crippen molar-refractivity contribution in [1.29, 1.82) is 0 Å². The predicted molar refractivity (Wildman–Crippen MR) is 97.5 cm³/mol. The van der Waals surface area contributed by atoms with Crippen molar-refractivity contribution in [2.45, 2.75) is 88.6 Å². The number of aliphatic imine (C=N–C) groups is 1. The zero-order valence-corrected chi connectivity index (χ0v) is 15.2. The van der Waals surface area contributed by atoms with Gasteiger partial charge in [-0.2, -0.15) is 0 Å². The molecule has 0 saturated heterocycles. The highest BCUT2D eigenvalue weighted by molar-refractivity contribution is 6.06. The molecule has 2 saturated carbocycles. The Labute approximate surface area is 146 Å². The largest absolute Gasteiger partial charge is 0.369 e. The first-order valence-electron chi connectivity index (χ1n) is 9.89. The van der Waals surface area contributed by atoms with Crippen LogP contribution in [0.25, 0.3) is 0 Å². The van der Waals surface area contributed by atoms with E-state index < -0.39 is 5.54 Å². The number of nitrogens with zero attached hydrogens (tertiary/aromatic N) is 2. The average Bonchev–Trinajstić information content (AvgIpc) is 2.78. The summed E-state index contributed by atoms with van der Waals surface area (Å²) in [7, 11) is 1.76. The third-order valence-electron chi connectivity index (χ3n) is 6.52. The Balaban J connectivity index is 1.70. The molecule has 1 amide bonds. The Bertz CT molecular complexity index is 486. The zero-order valence-electron chi connectivity index (χ0n) is 15.2. The van der Waals surface area contributed by atoms with Crippen molar-refractivity contribution in [3.8, 4) is 0 Å². The van der Waals surface area contributed by atoms with Gasteiger partial charge in [0.1, 0.15) is 5.54 Å². The fourth-order valence-electron chi connectivity index (χ4n) is 5.07. The molecule has 1 heterocycles. The number of likely N-dealkylation sites (N-methyl/N-ethyl adjacent to an activating group) is 1. The molecule has 5 heteroatoms. The van der Waals surface area contributed by atoms with E-state index in [-0.39, 0.29) is 11.9 Å². The second kappa shape index (κ2) is 7.42. The minimum atomic E-state index is -0.613. The highest BCUT2D eigenvalue weighted by atomic mass is 16.2. The first-order chi connectivity index (χ1) is 11.5. The normalized spacial score (nSPS) is 35.3. The van der Waals surface area contributed by atoms with Crippen molar-refractivity contribution in [1.82, 2.24) is 4.90 Å². The molecule has 5 nitrogen and oxygen atoms in total. The van der Waals surface area contributed by atoms with Crippen LogP contribution in [0.15, 0.2) is 4.99 Å². The van der Waals surface area contributed by atoms with E-state index in [1.54, 1.807) is 11.9 Å².